The van der Waals surface area contributed by atoms with Gasteiger partial charge in [0.15, 0.2) is 11.6 Å². The molecule has 0 aliphatic rings. The molecule has 0 aromatic heterocycles. The molecule has 2 N–H and O–H groups in total. The molecule has 0 saturated carbocycles. The number of anilines is 3. The number of rotatable bonds is 3. The van der Waals surface area contributed by atoms with Gasteiger partial charge in [-0.05, 0) is 24.3 Å². The van der Waals surface area contributed by atoms with Crippen molar-refractivity contribution in [3.63, 3.8) is 0 Å². The van der Waals surface area contributed by atoms with Crippen LogP contribution in [0.25, 0.3) is 0 Å². The third-order valence-corrected chi connectivity index (χ3v) is 2.82. The quantitative estimate of drug-likeness (QED) is 0.845. The molecule has 4 heteroatoms. The number of ether oxygens (including phenoxy) is 1. The molecule has 0 atom stereocenters. The van der Waals surface area contributed by atoms with Crippen LogP contribution in [0.3, 0.4) is 0 Å². The monoisotopic (exact) mass is 246 g/mol. The van der Waals surface area contributed by atoms with E-state index in [0.29, 0.717) is 11.4 Å². The van der Waals surface area contributed by atoms with E-state index in [4.69, 9.17) is 10.5 Å². The summed E-state index contributed by atoms with van der Waals surface area (Å²) in [4.78, 5) is 1.83. The summed E-state index contributed by atoms with van der Waals surface area (Å²) in [5.41, 5.74) is 8.09. The number of benzene rings is 2. The highest BCUT2D eigenvalue weighted by molar-refractivity contribution is 5.74. The van der Waals surface area contributed by atoms with Gasteiger partial charge in [-0.2, -0.15) is 0 Å². The lowest BCUT2D eigenvalue weighted by Crippen LogP contribution is -2.11. The second-order valence-corrected chi connectivity index (χ2v) is 3.94. The summed E-state index contributed by atoms with van der Waals surface area (Å²) in [6.07, 6.45) is 0. The zero-order chi connectivity index (χ0) is 13.1. The Morgan fingerprint density at radius 2 is 1.89 bits per heavy atom. The van der Waals surface area contributed by atoms with Crippen molar-refractivity contribution in [3.8, 4) is 5.75 Å². The van der Waals surface area contributed by atoms with E-state index >= 15 is 0 Å². The number of halogens is 1. The van der Waals surface area contributed by atoms with Crippen LogP contribution in [0.2, 0.25) is 0 Å². The van der Waals surface area contributed by atoms with Gasteiger partial charge in [-0.3, -0.25) is 0 Å². The van der Waals surface area contributed by atoms with Crippen LogP contribution in [0.1, 0.15) is 0 Å². The summed E-state index contributed by atoms with van der Waals surface area (Å²) >= 11 is 0. The second kappa shape index (κ2) is 4.96. The fourth-order valence-corrected chi connectivity index (χ4v) is 1.80. The molecule has 0 radical (unpaired) electrons. The van der Waals surface area contributed by atoms with Crippen molar-refractivity contribution in [2.45, 2.75) is 0 Å². The largest absolute Gasteiger partial charge is 0.494 e. The third kappa shape index (κ3) is 2.22. The predicted octanol–water partition coefficient (Wildman–Crippen LogP) is 3.18. The van der Waals surface area contributed by atoms with E-state index < -0.39 is 5.82 Å². The fraction of sp³-hybridized carbons (Fsp3) is 0.143. The van der Waals surface area contributed by atoms with E-state index in [9.17, 15) is 4.39 Å². The molecule has 0 aliphatic carbocycles. The van der Waals surface area contributed by atoms with Gasteiger partial charge < -0.3 is 15.4 Å². The van der Waals surface area contributed by atoms with Gasteiger partial charge in [-0.15, -0.1) is 0 Å². The maximum atomic E-state index is 13.6. The lowest BCUT2D eigenvalue weighted by Gasteiger charge is -2.21. The molecule has 0 unspecified atom stereocenters. The molecular weight excluding hydrogens is 231 g/mol. The van der Waals surface area contributed by atoms with Gasteiger partial charge in [0.1, 0.15) is 0 Å². The van der Waals surface area contributed by atoms with E-state index in [-0.39, 0.29) is 5.75 Å². The first-order valence-corrected chi connectivity index (χ1v) is 5.55. The van der Waals surface area contributed by atoms with Gasteiger partial charge in [0, 0.05) is 18.8 Å². The Bertz CT molecular complexity index is 557. The molecule has 0 fully saturated rings. The number of methoxy groups -OCH3 is 1. The highest BCUT2D eigenvalue weighted by Gasteiger charge is 2.10. The molecular formula is C14H15FN2O. The number of nitrogens with zero attached hydrogens (tertiary/aromatic N) is 1. The van der Waals surface area contributed by atoms with Crippen LogP contribution in [0, 0.1) is 5.82 Å². The zero-order valence-electron chi connectivity index (χ0n) is 10.4. The van der Waals surface area contributed by atoms with Gasteiger partial charge in [0.25, 0.3) is 0 Å². The van der Waals surface area contributed by atoms with Crippen molar-refractivity contribution in [2.24, 2.45) is 0 Å². The molecule has 2 aromatic carbocycles. The zero-order valence-corrected chi connectivity index (χ0v) is 10.4. The summed E-state index contributed by atoms with van der Waals surface area (Å²) in [5.74, 6) is -0.162. The topological polar surface area (TPSA) is 38.5 Å². The first kappa shape index (κ1) is 12.2. The first-order chi connectivity index (χ1) is 8.63. The molecule has 0 aliphatic heterocycles. The van der Waals surface area contributed by atoms with Gasteiger partial charge in [-0.1, -0.05) is 12.1 Å². The van der Waals surface area contributed by atoms with Crippen LogP contribution in [-0.2, 0) is 0 Å². The minimum Gasteiger partial charge on any atom is -0.494 e. The molecule has 0 spiro atoms. The van der Waals surface area contributed by atoms with Crippen molar-refractivity contribution in [1.82, 2.24) is 0 Å². The Morgan fingerprint density at radius 1 is 1.17 bits per heavy atom. The average Bonchev–Trinajstić information content (AvgIpc) is 2.38. The molecule has 0 saturated heterocycles. The minimum atomic E-state index is -0.392. The first-order valence-electron chi connectivity index (χ1n) is 5.55. The number of nitrogen functional groups attached to an aromatic ring is 1. The second-order valence-electron chi connectivity index (χ2n) is 3.94. The maximum Gasteiger partial charge on any atom is 0.167 e. The molecule has 2 aromatic rings. The van der Waals surface area contributed by atoms with Crippen molar-refractivity contribution in [2.75, 3.05) is 24.8 Å². The highest BCUT2D eigenvalue weighted by atomic mass is 19.1. The Kier molecular flexibility index (Phi) is 3.37. The summed E-state index contributed by atoms with van der Waals surface area (Å²) in [7, 11) is 3.28. The molecule has 0 amide bonds. The average molecular weight is 246 g/mol. The van der Waals surface area contributed by atoms with Gasteiger partial charge in [0.05, 0.1) is 18.5 Å². The fourth-order valence-electron chi connectivity index (χ4n) is 1.80. The molecule has 2 rings (SSSR count). The Labute approximate surface area is 106 Å². The van der Waals surface area contributed by atoms with Gasteiger partial charge in [0.2, 0.25) is 0 Å². The van der Waals surface area contributed by atoms with Crippen LogP contribution in [-0.4, -0.2) is 14.2 Å². The molecule has 3 nitrogen and oxygen atoms in total. The molecule has 0 heterocycles. The number of nitrogens with two attached hydrogens (primary N) is 1. The van der Waals surface area contributed by atoms with E-state index in [1.807, 2.05) is 36.2 Å². The van der Waals surface area contributed by atoms with Crippen LogP contribution in [0.15, 0.2) is 42.5 Å². The SMILES string of the molecule is COc1ccc(N(C)c2ccccc2N)cc1F. The van der Waals surface area contributed by atoms with E-state index in [0.717, 1.165) is 5.69 Å². The standard InChI is InChI=1S/C14H15FN2O/c1-17(13-6-4-3-5-12(13)16)10-7-8-14(18-2)11(15)9-10/h3-9H,16H2,1-2H3. The van der Waals surface area contributed by atoms with E-state index in [1.54, 1.807) is 12.1 Å². The highest BCUT2D eigenvalue weighted by Crippen LogP contribution is 2.30. The summed E-state index contributed by atoms with van der Waals surface area (Å²) in [5, 5.41) is 0. The van der Waals surface area contributed by atoms with Gasteiger partial charge in [-0.25, -0.2) is 4.39 Å². The minimum absolute atomic E-state index is 0.230. The molecule has 0 bridgehead atoms. The normalized spacial score (nSPS) is 10.2. The van der Waals surface area contributed by atoms with Crippen LogP contribution < -0.4 is 15.4 Å². The van der Waals surface area contributed by atoms with Crippen molar-refractivity contribution in [1.29, 1.82) is 0 Å². The van der Waals surface area contributed by atoms with Crippen molar-refractivity contribution < 1.29 is 9.13 Å². The summed E-state index contributed by atoms with van der Waals surface area (Å²) < 4.78 is 18.5. The predicted molar refractivity (Wildman–Crippen MR) is 71.9 cm³/mol. The smallest absolute Gasteiger partial charge is 0.167 e. The maximum absolute atomic E-state index is 13.6. The van der Waals surface area contributed by atoms with Gasteiger partial charge >= 0.3 is 0 Å². The van der Waals surface area contributed by atoms with E-state index in [1.165, 1.54) is 13.2 Å². The summed E-state index contributed by atoms with van der Waals surface area (Å²) in [6, 6.07) is 12.3. The van der Waals surface area contributed by atoms with Crippen molar-refractivity contribution >= 4 is 17.1 Å². The number of hydrogen-bond donors (Lipinski definition) is 1. The van der Waals surface area contributed by atoms with Crippen LogP contribution in [0.5, 0.6) is 5.75 Å². The van der Waals surface area contributed by atoms with E-state index in [2.05, 4.69) is 0 Å². The number of hydrogen-bond acceptors (Lipinski definition) is 3. The molecule has 94 valence electrons. The lowest BCUT2D eigenvalue weighted by atomic mass is 10.2. The lowest BCUT2D eigenvalue weighted by molar-refractivity contribution is 0.386. The molecule has 18 heavy (non-hydrogen) atoms. The van der Waals surface area contributed by atoms with Crippen molar-refractivity contribution in [3.05, 3.63) is 48.3 Å². The summed E-state index contributed by atoms with van der Waals surface area (Å²) in [6.45, 7) is 0. The Morgan fingerprint density at radius 3 is 2.50 bits per heavy atom. The Balaban J connectivity index is 2.37. The van der Waals surface area contributed by atoms with Crippen LogP contribution >= 0.6 is 0 Å². The van der Waals surface area contributed by atoms with Crippen LogP contribution in [0.4, 0.5) is 21.5 Å². The third-order valence-electron chi connectivity index (χ3n) is 2.82. The Hall–Kier alpha value is -2.23. The number of para-hydroxylation sites is 2.